The summed E-state index contributed by atoms with van der Waals surface area (Å²) in [7, 11) is 0. The van der Waals surface area contributed by atoms with Crippen molar-refractivity contribution >= 4 is 28.5 Å². The van der Waals surface area contributed by atoms with Gasteiger partial charge in [0.1, 0.15) is 0 Å². The van der Waals surface area contributed by atoms with Crippen LogP contribution in [-0.4, -0.2) is 28.9 Å². The fourth-order valence-electron chi connectivity index (χ4n) is 2.51. The molecule has 1 aromatic carbocycles. The van der Waals surface area contributed by atoms with Crippen LogP contribution in [-0.2, 0) is 17.8 Å². The number of fused-ring (bicyclic) bond motifs is 1. The molecule has 1 aliphatic heterocycles. The molecule has 1 aliphatic rings. The van der Waals surface area contributed by atoms with E-state index in [1.165, 1.54) is 17.4 Å². The third-order valence-electron chi connectivity index (χ3n) is 3.57. The van der Waals surface area contributed by atoms with Gasteiger partial charge in [-0.25, -0.2) is 4.98 Å². The molecule has 1 N–H and O–H groups in total. The van der Waals surface area contributed by atoms with Gasteiger partial charge in [0.2, 0.25) is 5.91 Å². The first-order valence-electron chi connectivity index (χ1n) is 7.41. The maximum Gasteiger partial charge on any atom is 0.223 e. The molecule has 2 heterocycles. The number of hydrogen-bond donors (Lipinski definition) is 1. The van der Waals surface area contributed by atoms with Crippen molar-refractivity contribution in [3.63, 3.8) is 0 Å². The quantitative estimate of drug-likeness (QED) is 0.943. The first-order valence-corrected chi connectivity index (χ1v) is 8.22. The Morgan fingerprint density at radius 3 is 3.00 bits per heavy atom. The number of hydrogen-bond acceptors (Lipinski definition) is 4. The van der Waals surface area contributed by atoms with Crippen LogP contribution in [0.25, 0.3) is 6.08 Å². The number of benzene rings is 1. The van der Waals surface area contributed by atoms with E-state index in [0.29, 0.717) is 0 Å². The number of carbonyl (C=O) groups is 1. The second-order valence-corrected chi connectivity index (χ2v) is 6.45. The average Bonchev–Trinajstić information content (AvgIpc) is 2.89. The summed E-state index contributed by atoms with van der Waals surface area (Å²) in [5.74, 6) is -0.0613. The van der Waals surface area contributed by atoms with Crippen molar-refractivity contribution in [2.45, 2.75) is 19.9 Å². The zero-order valence-electron chi connectivity index (χ0n) is 12.6. The van der Waals surface area contributed by atoms with Gasteiger partial charge in [-0.3, -0.25) is 9.69 Å². The Bertz CT molecular complexity index is 678. The number of thiazole rings is 1. The molecule has 5 heteroatoms. The zero-order valence-corrected chi connectivity index (χ0v) is 13.4. The predicted octanol–water partition coefficient (Wildman–Crippen LogP) is 3.17. The van der Waals surface area contributed by atoms with Crippen molar-refractivity contribution in [3.05, 3.63) is 52.5 Å². The van der Waals surface area contributed by atoms with E-state index in [9.17, 15) is 4.79 Å². The molecule has 22 heavy (non-hydrogen) atoms. The van der Waals surface area contributed by atoms with Gasteiger partial charge in [-0.15, -0.1) is 11.3 Å². The van der Waals surface area contributed by atoms with Crippen molar-refractivity contribution in [1.82, 2.24) is 9.88 Å². The summed E-state index contributed by atoms with van der Waals surface area (Å²) in [6.07, 6.45) is 5.31. The van der Waals surface area contributed by atoms with Gasteiger partial charge in [-0.05, 0) is 5.56 Å². The molecule has 1 amide bonds. The van der Waals surface area contributed by atoms with Crippen LogP contribution < -0.4 is 5.32 Å². The number of aromatic nitrogens is 1. The first-order chi connectivity index (χ1) is 10.7. The minimum absolute atomic E-state index is 0.0613. The van der Waals surface area contributed by atoms with Crippen LogP contribution in [0.3, 0.4) is 0 Å². The van der Waals surface area contributed by atoms with E-state index in [1.54, 1.807) is 11.3 Å². The van der Waals surface area contributed by atoms with E-state index in [1.807, 2.05) is 18.2 Å². The molecule has 0 radical (unpaired) electrons. The Labute approximate surface area is 134 Å². The van der Waals surface area contributed by atoms with Crippen LogP contribution in [0, 0.1) is 0 Å². The smallest absolute Gasteiger partial charge is 0.223 e. The molecular weight excluding hydrogens is 294 g/mol. The van der Waals surface area contributed by atoms with Gasteiger partial charge in [0.25, 0.3) is 0 Å². The third-order valence-corrected chi connectivity index (χ3v) is 4.56. The van der Waals surface area contributed by atoms with Crippen LogP contribution in [0.5, 0.6) is 0 Å². The lowest BCUT2D eigenvalue weighted by Crippen LogP contribution is -2.29. The highest BCUT2D eigenvalue weighted by Gasteiger charge is 2.20. The SMILES string of the molecule is CC(=O)Nc1nc2c(s1)CN(C/C=C/c1ccccc1)CC2. The fourth-order valence-corrected chi connectivity index (χ4v) is 3.61. The molecule has 3 rings (SSSR count). The molecular formula is C17H19N3OS. The fraction of sp³-hybridized carbons (Fsp3) is 0.294. The molecule has 4 nitrogen and oxygen atoms in total. The number of carbonyl (C=O) groups excluding carboxylic acids is 1. The standard InChI is InChI=1S/C17H19N3OS/c1-13(21)18-17-19-15-9-11-20(12-16(15)22-17)10-5-8-14-6-3-2-4-7-14/h2-8H,9-12H2,1H3,(H,18,19,21)/b8-5+. The first kappa shape index (κ1) is 14.9. The molecule has 0 spiro atoms. The maximum atomic E-state index is 11.1. The van der Waals surface area contributed by atoms with E-state index < -0.39 is 0 Å². The van der Waals surface area contributed by atoms with Gasteiger partial charge in [0, 0.05) is 37.9 Å². The summed E-state index contributed by atoms with van der Waals surface area (Å²) in [5.41, 5.74) is 2.36. The van der Waals surface area contributed by atoms with Crippen LogP contribution >= 0.6 is 11.3 Å². The van der Waals surface area contributed by atoms with Gasteiger partial charge in [0.05, 0.1) is 5.69 Å². The summed E-state index contributed by atoms with van der Waals surface area (Å²) < 4.78 is 0. The number of anilines is 1. The molecule has 0 bridgehead atoms. The van der Waals surface area contributed by atoms with Gasteiger partial charge < -0.3 is 5.32 Å². The van der Waals surface area contributed by atoms with Crippen molar-refractivity contribution < 1.29 is 4.79 Å². The van der Waals surface area contributed by atoms with Gasteiger partial charge in [0.15, 0.2) is 5.13 Å². The van der Waals surface area contributed by atoms with Gasteiger partial charge >= 0.3 is 0 Å². The lowest BCUT2D eigenvalue weighted by molar-refractivity contribution is -0.114. The molecule has 2 aromatic rings. The summed E-state index contributed by atoms with van der Waals surface area (Å²) in [5, 5.41) is 3.50. The third kappa shape index (κ3) is 3.81. The predicted molar refractivity (Wildman–Crippen MR) is 90.9 cm³/mol. The van der Waals surface area contributed by atoms with Crippen molar-refractivity contribution in [1.29, 1.82) is 0 Å². The molecule has 0 saturated heterocycles. The summed E-state index contributed by atoms with van der Waals surface area (Å²) >= 11 is 1.59. The molecule has 1 aromatic heterocycles. The van der Waals surface area contributed by atoms with Crippen LogP contribution in [0.15, 0.2) is 36.4 Å². The number of nitrogens with one attached hydrogen (secondary N) is 1. The Morgan fingerprint density at radius 2 is 2.23 bits per heavy atom. The highest BCUT2D eigenvalue weighted by Crippen LogP contribution is 2.28. The monoisotopic (exact) mass is 313 g/mol. The van der Waals surface area contributed by atoms with Gasteiger partial charge in [-0.1, -0.05) is 42.5 Å². The summed E-state index contributed by atoms with van der Waals surface area (Å²) in [4.78, 5) is 19.3. The minimum Gasteiger partial charge on any atom is -0.302 e. The lowest BCUT2D eigenvalue weighted by atomic mass is 10.1. The van der Waals surface area contributed by atoms with E-state index >= 15 is 0 Å². The van der Waals surface area contributed by atoms with Crippen LogP contribution in [0.2, 0.25) is 0 Å². The normalized spacial score (nSPS) is 15.0. The van der Waals surface area contributed by atoms with E-state index in [4.69, 9.17) is 0 Å². The Kier molecular flexibility index (Phi) is 4.65. The number of nitrogens with zero attached hydrogens (tertiary/aromatic N) is 2. The number of amides is 1. The molecule has 0 saturated carbocycles. The summed E-state index contributed by atoms with van der Waals surface area (Å²) in [6, 6.07) is 10.3. The molecule has 0 atom stereocenters. The highest BCUT2D eigenvalue weighted by atomic mass is 32.1. The van der Waals surface area contributed by atoms with E-state index in [2.05, 4.69) is 39.5 Å². The molecule has 114 valence electrons. The second-order valence-electron chi connectivity index (χ2n) is 5.37. The Balaban J connectivity index is 1.58. The molecule has 0 aliphatic carbocycles. The van der Waals surface area contributed by atoms with Gasteiger partial charge in [-0.2, -0.15) is 0 Å². The topological polar surface area (TPSA) is 45.2 Å². The Hall–Kier alpha value is -1.98. The van der Waals surface area contributed by atoms with E-state index in [-0.39, 0.29) is 5.91 Å². The molecule has 0 fully saturated rings. The maximum absolute atomic E-state index is 11.1. The van der Waals surface area contributed by atoms with Crippen molar-refractivity contribution in [2.24, 2.45) is 0 Å². The van der Waals surface area contributed by atoms with E-state index in [0.717, 1.165) is 36.9 Å². The molecule has 0 unspecified atom stereocenters. The number of rotatable bonds is 4. The van der Waals surface area contributed by atoms with Crippen LogP contribution in [0.1, 0.15) is 23.1 Å². The zero-order chi connectivity index (χ0) is 15.4. The lowest BCUT2D eigenvalue weighted by Gasteiger charge is -2.24. The largest absolute Gasteiger partial charge is 0.302 e. The van der Waals surface area contributed by atoms with Crippen molar-refractivity contribution in [2.75, 3.05) is 18.4 Å². The second kappa shape index (κ2) is 6.85. The Morgan fingerprint density at radius 1 is 1.41 bits per heavy atom. The average molecular weight is 313 g/mol. The minimum atomic E-state index is -0.0613. The van der Waals surface area contributed by atoms with Crippen LogP contribution in [0.4, 0.5) is 5.13 Å². The summed E-state index contributed by atoms with van der Waals surface area (Å²) in [6.45, 7) is 4.36. The van der Waals surface area contributed by atoms with Crippen molar-refractivity contribution in [3.8, 4) is 0 Å². The highest BCUT2D eigenvalue weighted by molar-refractivity contribution is 7.15.